The van der Waals surface area contributed by atoms with Gasteiger partial charge in [0.1, 0.15) is 12.4 Å². The Balaban J connectivity index is 1.39. The van der Waals surface area contributed by atoms with Crippen LogP contribution in [0.3, 0.4) is 0 Å². The van der Waals surface area contributed by atoms with Crippen molar-refractivity contribution in [1.82, 2.24) is 9.21 Å². The van der Waals surface area contributed by atoms with Crippen molar-refractivity contribution < 1.29 is 27.8 Å². The lowest BCUT2D eigenvalue weighted by Crippen LogP contribution is -2.48. The number of hydrogen-bond donors (Lipinski definition) is 1. The molecule has 1 N–H and O–H groups in total. The number of aliphatic hydroxyl groups is 1. The molecule has 1 aliphatic heterocycles. The van der Waals surface area contributed by atoms with Crippen LogP contribution in [-0.2, 0) is 26.0 Å². The number of rotatable bonds is 10. The predicted molar refractivity (Wildman–Crippen MR) is 125 cm³/mol. The van der Waals surface area contributed by atoms with E-state index in [2.05, 4.69) is 0 Å². The Morgan fingerprint density at radius 2 is 1.73 bits per heavy atom. The molecule has 0 aliphatic carbocycles. The van der Waals surface area contributed by atoms with Gasteiger partial charge in [0, 0.05) is 33.1 Å². The average Bonchev–Trinajstić information content (AvgIpc) is 2.82. The van der Waals surface area contributed by atoms with Crippen molar-refractivity contribution in [2.24, 2.45) is 0 Å². The van der Waals surface area contributed by atoms with Gasteiger partial charge in [0.15, 0.2) is 0 Å². The predicted octanol–water partition coefficient (Wildman–Crippen LogP) is 1.93. The number of methoxy groups -OCH3 is 1. The smallest absolute Gasteiger partial charge is 0.248 e. The number of nitrogens with zero attached hydrogens (tertiary/aromatic N) is 2. The first-order chi connectivity index (χ1) is 15.7. The van der Waals surface area contributed by atoms with Crippen LogP contribution in [0.15, 0.2) is 59.5 Å². The molecule has 0 saturated carbocycles. The van der Waals surface area contributed by atoms with Crippen molar-refractivity contribution in [3.8, 4) is 5.75 Å². The molecule has 0 radical (unpaired) electrons. The summed E-state index contributed by atoms with van der Waals surface area (Å²) in [6.45, 7) is 1.05. The fourth-order valence-electron chi connectivity index (χ4n) is 3.82. The van der Waals surface area contributed by atoms with Gasteiger partial charge in [-0.1, -0.05) is 30.3 Å². The summed E-state index contributed by atoms with van der Waals surface area (Å²) in [6, 6.07) is 16.0. The molecule has 9 heteroatoms. The van der Waals surface area contributed by atoms with Gasteiger partial charge in [-0.2, -0.15) is 4.31 Å². The molecule has 2 aromatic carbocycles. The summed E-state index contributed by atoms with van der Waals surface area (Å²) < 4.78 is 37.0. The van der Waals surface area contributed by atoms with Gasteiger partial charge in [0.05, 0.1) is 24.2 Å². The van der Waals surface area contributed by atoms with Gasteiger partial charge in [-0.3, -0.25) is 4.79 Å². The molecule has 1 aliphatic rings. The van der Waals surface area contributed by atoms with Gasteiger partial charge in [0.2, 0.25) is 15.9 Å². The second-order valence-electron chi connectivity index (χ2n) is 8.32. The van der Waals surface area contributed by atoms with E-state index >= 15 is 0 Å². The van der Waals surface area contributed by atoms with Crippen LogP contribution in [0.2, 0.25) is 0 Å². The van der Waals surface area contributed by atoms with Crippen molar-refractivity contribution >= 4 is 15.9 Å². The number of piperidine rings is 1. The third kappa shape index (κ3) is 6.77. The number of sulfonamides is 1. The van der Waals surface area contributed by atoms with Crippen molar-refractivity contribution in [2.75, 3.05) is 47.0 Å². The minimum absolute atomic E-state index is 0.101. The average molecular weight is 477 g/mol. The van der Waals surface area contributed by atoms with Gasteiger partial charge in [-0.05, 0) is 42.7 Å². The number of hydrogen-bond acceptors (Lipinski definition) is 6. The topological polar surface area (TPSA) is 96.4 Å². The SMILES string of the molecule is COc1ccc(S(=O)(=O)N(C)CCOCC(=O)N2CCC(O)(Cc3ccccc3)CC2)cc1. The molecule has 8 nitrogen and oxygen atoms in total. The highest BCUT2D eigenvalue weighted by atomic mass is 32.2. The Kier molecular flexibility index (Phi) is 8.47. The van der Waals surface area contributed by atoms with Crippen LogP contribution in [0, 0.1) is 0 Å². The molecule has 2 aromatic rings. The Labute approximate surface area is 195 Å². The molecule has 1 fully saturated rings. The summed E-state index contributed by atoms with van der Waals surface area (Å²) in [6.07, 6.45) is 1.59. The number of benzene rings is 2. The van der Waals surface area contributed by atoms with E-state index in [1.165, 1.54) is 30.6 Å². The molecule has 1 saturated heterocycles. The summed E-state index contributed by atoms with van der Waals surface area (Å²) in [5.74, 6) is 0.423. The zero-order valence-corrected chi connectivity index (χ0v) is 20.0. The fourth-order valence-corrected chi connectivity index (χ4v) is 4.97. The maximum atomic E-state index is 12.6. The Hall–Kier alpha value is -2.46. The Bertz CT molecular complexity index is 1000. The van der Waals surface area contributed by atoms with Crippen LogP contribution in [-0.4, -0.2) is 81.2 Å². The molecule has 0 bridgehead atoms. The van der Waals surface area contributed by atoms with E-state index in [0.29, 0.717) is 38.1 Å². The molecule has 0 spiro atoms. The Morgan fingerprint density at radius 1 is 1.09 bits per heavy atom. The molecule has 1 heterocycles. The van der Waals surface area contributed by atoms with Crippen LogP contribution in [0.1, 0.15) is 18.4 Å². The lowest BCUT2D eigenvalue weighted by molar-refractivity contribution is -0.140. The zero-order chi connectivity index (χ0) is 23.9. The van der Waals surface area contributed by atoms with Crippen LogP contribution in [0.5, 0.6) is 5.75 Å². The number of amides is 1. The zero-order valence-electron chi connectivity index (χ0n) is 19.1. The lowest BCUT2D eigenvalue weighted by Gasteiger charge is -2.38. The van der Waals surface area contributed by atoms with E-state index in [0.717, 1.165) is 5.56 Å². The maximum absolute atomic E-state index is 12.6. The molecule has 0 aromatic heterocycles. The van der Waals surface area contributed by atoms with Gasteiger partial charge >= 0.3 is 0 Å². The molecule has 0 unspecified atom stereocenters. The van der Waals surface area contributed by atoms with Crippen LogP contribution in [0.25, 0.3) is 0 Å². The summed E-state index contributed by atoms with van der Waals surface area (Å²) in [5.41, 5.74) is 0.272. The summed E-state index contributed by atoms with van der Waals surface area (Å²) in [5, 5.41) is 10.9. The maximum Gasteiger partial charge on any atom is 0.248 e. The molecular weight excluding hydrogens is 444 g/mol. The lowest BCUT2D eigenvalue weighted by atomic mass is 9.85. The van der Waals surface area contributed by atoms with Crippen molar-refractivity contribution in [3.05, 3.63) is 60.2 Å². The van der Waals surface area contributed by atoms with Crippen molar-refractivity contribution in [2.45, 2.75) is 29.8 Å². The quantitative estimate of drug-likeness (QED) is 0.527. The van der Waals surface area contributed by atoms with Gasteiger partial charge < -0.3 is 19.5 Å². The van der Waals surface area contributed by atoms with Gasteiger partial charge in [-0.25, -0.2) is 8.42 Å². The monoisotopic (exact) mass is 476 g/mol. The second-order valence-corrected chi connectivity index (χ2v) is 10.4. The van der Waals surface area contributed by atoms with Crippen LogP contribution >= 0.6 is 0 Å². The minimum atomic E-state index is -3.65. The number of likely N-dealkylation sites (N-methyl/N-ethyl adjacent to an activating group) is 1. The van der Waals surface area contributed by atoms with Gasteiger partial charge in [-0.15, -0.1) is 0 Å². The standard InChI is InChI=1S/C24H32N2O6S/c1-25(33(29,30)22-10-8-21(31-2)9-11-22)16-17-32-19-23(27)26-14-12-24(28,13-15-26)18-20-6-4-3-5-7-20/h3-11,28H,12-19H2,1-2H3. The third-order valence-corrected chi connectivity index (χ3v) is 7.84. The van der Waals surface area contributed by atoms with Crippen molar-refractivity contribution in [1.29, 1.82) is 0 Å². The summed E-state index contributed by atoms with van der Waals surface area (Å²) in [4.78, 5) is 14.3. The fraction of sp³-hybridized carbons (Fsp3) is 0.458. The molecule has 33 heavy (non-hydrogen) atoms. The summed E-state index contributed by atoms with van der Waals surface area (Å²) >= 11 is 0. The van der Waals surface area contributed by atoms with Gasteiger partial charge in [0.25, 0.3) is 0 Å². The summed E-state index contributed by atoms with van der Waals surface area (Å²) in [7, 11) is -0.657. The highest BCUT2D eigenvalue weighted by molar-refractivity contribution is 7.89. The number of carbonyl (C=O) groups excluding carboxylic acids is 1. The van der Waals surface area contributed by atoms with Crippen molar-refractivity contribution in [3.63, 3.8) is 0 Å². The molecule has 0 atom stereocenters. The van der Waals surface area contributed by atoms with E-state index in [-0.39, 0.29) is 30.6 Å². The first-order valence-corrected chi connectivity index (χ1v) is 12.4. The normalized spacial score (nSPS) is 16.1. The number of ether oxygens (including phenoxy) is 2. The van der Waals surface area contributed by atoms with Crippen LogP contribution < -0.4 is 4.74 Å². The third-order valence-electron chi connectivity index (χ3n) is 5.97. The number of carbonyl (C=O) groups is 1. The number of likely N-dealkylation sites (tertiary alicyclic amines) is 1. The van der Waals surface area contributed by atoms with E-state index in [1.54, 1.807) is 17.0 Å². The van der Waals surface area contributed by atoms with E-state index in [9.17, 15) is 18.3 Å². The first kappa shape index (κ1) is 25.2. The van der Waals surface area contributed by atoms with E-state index < -0.39 is 15.6 Å². The highest BCUT2D eigenvalue weighted by Crippen LogP contribution is 2.26. The molecular formula is C24H32N2O6S. The largest absolute Gasteiger partial charge is 0.497 e. The highest BCUT2D eigenvalue weighted by Gasteiger charge is 2.34. The van der Waals surface area contributed by atoms with E-state index in [4.69, 9.17) is 9.47 Å². The molecule has 180 valence electrons. The minimum Gasteiger partial charge on any atom is -0.497 e. The van der Waals surface area contributed by atoms with Crippen LogP contribution in [0.4, 0.5) is 0 Å². The Morgan fingerprint density at radius 3 is 2.33 bits per heavy atom. The first-order valence-electron chi connectivity index (χ1n) is 11.0. The molecule has 1 amide bonds. The van der Waals surface area contributed by atoms with E-state index in [1.807, 2.05) is 30.3 Å². The second kappa shape index (κ2) is 11.1. The molecule has 3 rings (SSSR count).